The van der Waals surface area contributed by atoms with Gasteiger partial charge in [-0.05, 0) is 50.8 Å². The molecule has 19 heavy (non-hydrogen) atoms. The first-order valence-corrected chi connectivity index (χ1v) is 7.02. The van der Waals surface area contributed by atoms with E-state index in [2.05, 4.69) is 18.7 Å². The number of hydrogen-bond acceptors (Lipinski definition) is 3. The first kappa shape index (κ1) is 14.1. The fraction of sp³-hybridized carbons (Fsp3) is 0.667. The molecule has 1 aromatic rings. The molecule has 2 heterocycles. The lowest BCUT2D eigenvalue weighted by Gasteiger charge is -2.33. The zero-order chi connectivity index (χ0) is 14.0. The molecule has 0 saturated carbocycles. The van der Waals surface area contributed by atoms with Crippen LogP contribution in [-0.4, -0.2) is 29.1 Å². The summed E-state index contributed by atoms with van der Waals surface area (Å²) >= 11 is 0. The maximum Gasteiger partial charge on any atom is 0.372 e. The average Bonchev–Trinajstić information content (AvgIpc) is 2.71. The lowest BCUT2D eigenvalue weighted by atomic mass is 9.87. The van der Waals surface area contributed by atoms with Crippen LogP contribution in [0.15, 0.2) is 10.5 Å². The molecule has 1 aliphatic rings. The number of carboxylic acids is 1. The number of carbonyl (C=O) groups is 1. The van der Waals surface area contributed by atoms with E-state index in [1.165, 1.54) is 12.8 Å². The third-order valence-electron chi connectivity index (χ3n) is 4.12. The fourth-order valence-electron chi connectivity index (χ4n) is 2.84. The summed E-state index contributed by atoms with van der Waals surface area (Å²) in [6.07, 6.45) is 2.45. The van der Waals surface area contributed by atoms with Gasteiger partial charge in [0.25, 0.3) is 0 Å². The summed E-state index contributed by atoms with van der Waals surface area (Å²) in [5.41, 5.74) is 0.708. The number of likely N-dealkylation sites (tertiary alicyclic amines) is 1. The van der Waals surface area contributed by atoms with E-state index < -0.39 is 5.97 Å². The molecule has 0 aromatic carbocycles. The van der Waals surface area contributed by atoms with Crippen molar-refractivity contribution < 1.29 is 14.3 Å². The van der Waals surface area contributed by atoms with Gasteiger partial charge in [-0.3, -0.25) is 4.90 Å². The molecule has 106 valence electrons. The molecule has 1 fully saturated rings. The van der Waals surface area contributed by atoms with Crippen LogP contribution in [0.3, 0.4) is 0 Å². The molecule has 1 N–H and O–H groups in total. The normalized spacial score (nSPS) is 18.1. The van der Waals surface area contributed by atoms with Crippen molar-refractivity contribution >= 4 is 5.97 Å². The summed E-state index contributed by atoms with van der Waals surface area (Å²) in [6.45, 7) is 9.22. The van der Waals surface area contributed by atoms with Crippen molar-refractivity contribution in [1.82, 2.24) is 4.90 Å². The van der Waals surface area contributed by atoms with Gasteiger partial charge in [-0.1, -0.05) is 13.8 Å². The lowest BCUT2D eigenvalue weighted by molar-refractivity contribution is 0.0655. The quantitative estimate of drug-likeness (QED) is 0.908. The van der Waals surface area contributed by atoms with E-state index in [9.17, 15) is 4.79 Å². The minimum absolute atomic E-state index is 0.0760. The predicted molar refractivity (Wildman–Crippen MR) is 73.2 cm³/mol. The highest BCUT2D eigenvalue weighted by molar-refractivity contribution is 5.86. The highest BCUT2D eigenvalue weighted by Crippen LogP contribution is 2.26. The molecule has 0 aliphatic carbocycles. The first-order valence-electron chi connectivity index (χ1n) is 7.02. The van der Waals surface area contributed by atoms with E-state index in [0.29, 0.717) is 5.56 Å². The Hall–Kier alpha value is -1.29. The Morgan fingerprint density at radius 1 is 1.47 bits per heavy atom. The largest absolute Gasteiger partial charge is 0.475 e. The maximum absolute atomic E-state index is 10.9. The zero-order valence-electron chi connectivity index (χ0n) is 12.0. The Bertz CT molecular complexity index is 442. The van der Waals surface area contributed by atoms with E-state index in [1.807, 2.05) is 6.07 Å². The Kier molecular flexibility index (Phi) is 4.30. The number of rotatable bonds is 4. The molecule has 1 aliphatic heterocycles. The van der Waals surface area contributed by atoms with Crippen LogP contribution in [0.25, 0.3) is 0 Å². The van der Waals surface area contributed by atoms with Gasteiger partial charge in [-0.2, -0.15) is 0 Å². The third-order valence-corrected chi connectivity index (χ3v) is 4.12. The monoisotopic (exact) mass is 265 g/mol. The molecule has 2 rings (SSSR count). The van der Waals surface area contributed by atoms with Gasteiger partial charge in [0.15, 0.2) is 0 Å². The van der Waals surface area contributed by atoms with Gasteiger partial charge in [-0.15, -0.1) is 0 Å². The SMILES string of the molecule is Cc1cc(CN2CCC(C(C)C)CC2)oc1C(=O)O. The summed E-state index contributed by atoms with van der Waals surface area (Å²) in [5.74, 6) is 1.43. The zero-order valence-corrected chi connectivity index (χ0v) is 12.0. The van der Waals surface area contributed by atoms with Crippen molar-refractivity contribution in [3.8, 4) is 0 Å². The second-order valence-electron chi connectivity index (χ2n) is 5.89. The van der Waals surface area contributed by atoms with Crippen molar-refractivity contribution in [3.63, 3.8) is 0 Å². The number of hydrogen-bond donors (Lipinski definition) is 1. The minimum atomic E-state index is -0.984. The van der Waals surface area contributed by atoms with E-state index in [4.69, 9.17) is 9.52 Å². The molecule has 0 spiro atoms. The predicted octanol–water partition coefficient (Wildman–Crippen LogP) is 3.15. The Morgan fingerprint density at radius 3 is 2.58 bits per heavy atom. The van der Waals surface area contributed by atoms with Gasteiger partial charge in [-0.25, -0.2) is 4.79 Å². The topological polar surface area (TPSA) is 53.7 Å². The highest BCUT2D eigenvalue weighted by Gasteiger charge is 2.23. The molecule has 0 unspecified atom stereocenters. The molecule has 4 nitrogen and oxygen atoms in total. The van der Waals surface area contributed by atoms with Crippen molar-refractivity contribution in [3.05, 3.63) is 23.2 Å². The maximum atomic E-state index is 10.9. The van der Waals surface area contributed by atoms with Crippen molar-refractivity contribution in [2.45, 2.75) is 40.2 Å². The third kappa shape index (κ3) is 3.38. The molecule has 0 bridgehead atoms. The number of furan rings is 1. The summed E-state index contributed by atoms with van der Waals surface area (Å²) < 4.78 is 5.41. The molecule has 0 atom stereocenters. The lowest BCUT2D eigenvalue weighted by Crippen LogP contribution is -2.34. The van der Waals surface area contributed by atoms with Gasteiger partial charge < -0.3 is 9.52 Å². The van der Waals surface area contributed by atoms with Crippen LogP contribution in [-0.2, 0) is 6.54 Å². The van der Waals surface area contributed by atoms with Gasteiger partial charge in [0, 0.05) is 5.56 Å². The van der Waals surface area contributed by atoms with Crippen LogP contribution < -0.4 is 0 Å². The molecular weight excluding hydrogens is 242 g/mol. The average molecular weight is 265 g/mol. The standard InChI is InChI=1S/C15H23NO3/c1-10(2)12-4-6-16(7-5-12)9-13-8-11(3)14(19-13)15(17)18/h8,10,12H,4-7,9H2,1-3H3,(H,17,18). The Morgan fingerprint density at radius 2 is 2.11 bits per heavy atom. The first-order chi connectivity index (χ1) is 8.97. The summed E-state index contributed by atoms with van der Waals surface area (Å²) in [5, 5.41) is 8.97. The number of piperidine rings is 1. The van der Waals surface area contributed by atoms with E-state index in [0.717, 1.165) is 37.2 Å². The summed E-state index contributed by atoms with van der Waals surface area (Å²) in [4.78, 5) is 13.3. The van der Waals surface area contributed by atoms with Crippen molar-refractivity contribution in [2.24, 2.45) is 11.8 Å². The van der Waals surface area contributed by atoms with Gasteiger partial charge in [0.05, 0.1) is 6.54 Å². The van der Waals surface area contributed by atoms with Crippen LogP contribution >= 0.6 is 0 Å². The highest BCUT2D eigenvalue weighted by atomic mass is 16.4. The molecule has 1 saturated heterocycles. The van der Waals surface area contributed by atoms with Gasteiger partial charge in [0.1, 0.15) is 5.76 Å². The number of aromatic carboxylic acids is 1. The van der Waals surface area contributed by atoms with Crippen molar-refractivity contribution in [2.75, 3.05) is 13.1 Å². The van der Waals surface area contributed by atoms with Crippen LogP contribution in [0.5, 0.6) is 0 Å². The smallest absolute Gasteiger partial charge is 0.372 e. The molecule has 0 amide bonds. The van der Waals surface area contributed by atoms with Crippen LogP contribution in [0.1, 0.15) is 48.6 Å². The number of nitrogens with zero attached hydrogens (tertiary/aromatic N) is 1. The van der Waals surface area contributed by atoms with Crippen molar-refractivity contribution in [1.29, 1.82) is 0 Å². The van der Waals surface area contributed by atoms with E-state index in [1.54, 1.807) is 6.92 Å². The van der Waals surface area contributed by atoms with Crippen LogP contribution in [0.2, 0.25) is 0 Å². The molecule has 1 aromatic heterocycles. The Labute approximate surface area is 114 Å². The molecule has 4 heteroatoms. The van der Waals surface area contributed by atoms with E-state index >= 15 is 0 Å². The van der Waals surface area contributed by atoms with Gasteiger partial charge >= 0.3 is 5.97 Å². The summed E-state index contributed by atoms with van der Waals surface area (Å²) in [6, 6.07) is 1.85. The second kappa shape index (κ2) is 5.78. The van der Waals surface area contributed by atoms with Gasteiger partial charge in [0.2, 0.25) is 5.76 Å². The fourth-order valence-corrected chi connectivity index (χ4v) is 2.84. The summed E-state index contributed by atoms with van der Waals surface area (Å²) in [7, 11) is 0. The molecule has 0 radical (unpaired) electrons. The number of aryl methyl sites for hydroxylation is 1. The number of carboxylic acid groups (broad SMARTS) is 1. The minimum Gasteiger partial charge on any atom is -0.475 e. The second-order valence-corrected chi connectivity index (χ2v) is 5.89. The van der Waals surface area contributed by atoms with Crippen LogP contribution in [0.4, 0.5) is 0 Å². The van der Waals surface area contributed by atoms with E-state index in [-0.39, 0.29) is 5.76 Å². The Balaban J connectivity index is 1.92. The molecular formula is C15H23NO3. The van der Waals surface area contributed by atoms with Crippen LogP contribution in [0, 0.1) is 18.8 Å².